The van der Waals surface area contributed by atoms with Gasteiger partial charge in [0.15, 0.2) is 11.5 Å². The average molecular weight is 356 g/mol. The second-order valence-corrected chi connectivity index (χ2v) is 7.78. The molecule has 1 fully saturated rings. The molecule has 1 unspecified atom stereocenters. The Kier molecular flexibility index (Phi) is 4.65. The molecule has 0 radical (unpaired) electrons. The van der Waals surface area contributed by atoms with Gasteiger partial charge in [-0.2, -0.15) is 0 Å². The molecule has 132 valence electrons. The number of rotatable bonds is 4. The quantitative estimate of drug-likeness (QED) is 0.787. The zero-order chi connectivity index (χ0) is 17.3. The lowest BCUT2D eigenvalue weighted by Gasteiger charge is -2.39. The van der Waals surface area contributed by atoms with E-state index in [4.69, 9.17) is 9.47 Å². The fraction of sp³-hybridized carbons (Fsp3) is 0.429. The Labute approximate surface area is 153 Å². The molecule has 1 aliphatic carbocycles. The number of aliphatic hydroxyl groups is 1. The van der Waals surface area contributed by atoms with Gasteiger partial charge in [-0.25, -0.2) is 0 Å². The molecule has 1 heterocycles. The van der Waals surface area contributed by atoms with Gasteiger partial charge in [-0.3, -0.25) is 0 Å². The number of benzene rings is 2. The normalized spacial score (nSPS) is 19.6. The van der Waals surface area contributed by atoms with Crippen molar-refractivity contribution in [3.8, 4) is 11.5 Å². The molecular weight excluding hydrogens is 332 g/mol. The summed E-state index contributed by atoms with van der Waals surface area (Å²) in [6, 6.07) is 14.2. The summed E-state index contributed by atoms with van der Waals surface area (Å²) < 4.78 is 11.0. The highest BCUT2D eigenvalue weighted by molar-refractivity contribution is 7.98. The average Bonchev–Trinajstić information content (AvgIpc) is 3.16. The van der Waals surface area contributed by atoms with Crippen LogP contribution in [0, 0.1) is 5.92 Å². The Morgan fingerprint density at radius 1 is 0.920 bits per heavy atom. The first kappa shape index (κ1) is 16.8. The highest BCUT2D eigenvalue weighted by atomic mass is 32.2. The lowest BCUT2D eigenvalue weighted by atomic mass is 9.70. The van der Waals surface area contributed by atoms with Crippen LogP contribution >= 0.6 is 11.8 Å². The van der Waals surface area contributed by atoms with Crippen molar-refractivity contribution in [2.24, 2.45) is 5.92 Å². The zero-order valence-corrected chi connectivity index (χ0v) is 15.3. The Balaban J connectivity index is 1.79. The number of fused-ring (bicyclic) bond motifs is 1. The Morgan fingerprint density at radius 2 is 1.60 bits per heavy atom. The third-order valence-corrected chi connectivity index (χ3v) is 6.28. The van der Waals surface area contributed by atoms with Gasteiger partial charge in [-0.05, 0) is 60.4 Å². The van der Waals surface area contributed by atoms with Crippen molar-refractivity contribution in [1.82, 2.24) is 0 Å². The predicted octanol–water partition coefficient (Wildman–Crippen LogP) is 4.95. The van der Waals surface area contributed by atoms with Gasteiger partial charge in [-0.15, -0.1) is 11.8 Å². The molecule has 3 nitrogen and oxygen atoms in total. The summed E-state index contributed by atoms with van der Waals surface area (Å²) in [5.41, 5.74) is 0.884. The van der Waals surface area contributed by atoms with Gasteiger partial charge in [-0.1, -0.05) is 37.5 Å². The third-order valence-electron chi connectivity index (χ3n) is 5.54. The lowest BCUT2D eigenvalue weighted by molar-refractivity contribution is -0.000887. The zero-order valence-electron chi connectivity index (χ0n) is 14.5. The molecule has 0 amide bonds. The Bertz CT molecular complexity index is 737. The Morgan fingerprint density at radius 3 is 2.32 bits per heavy atom. The van der Waals surface area contributed by atoms with E-state index in [0.29, 0.717) is 0 Å². The van der Waals surface area contributed by atoms with Crippen LogP contribution in [-0.2, 0) is 5.60 Å². The molecule has 1 aliphatic heterocycles. The SMILES string of the molecule is CSc1ccc(C(O)(c2ccc3c(c2)OCO3)C2CCCCC2)cc1. The molecule has 25 heavy (non-hydrogen) atoms. The molecular formula is C21H24O3S. The lowest BCUT2D eigenvalue weighted by Crippen LogP contribution is -2.37. The monoisotopic (exact) mass is 356 g/mol. The van der Waals surface area contributed by atoms with Crippen LogP contribution in [0.3, 0.4) is 0 Å². The smallest absolute Gasteiger partial charge is 0.231 e. The minimum atomic E-state index is -0.988. The van der Waals surface area contributed by atoms with Gasteiger partial charge in [0.05, 0.1) is 0 Å². The van der Waals surface area contributed by atoms with E-state index in [1.165, 1.54) is 24.2 Å². The number of hydrogen-bond donors (Lipinski definition) is 1. The molecule has 0 spiro atoms. The maximum absolute atomic E-state index is 12.0. The van der Waals surface area contributed by atoms with Crippen molar-refractivity contribution in [3.05, 3.63) is 53.6 Å². The van der Waals surface area contributed by atoms with E-state index < -0.39 is 5.60 Å². The highest BCUT2D eigenvalue weighted by Crippen LogP contribution is 2.46. The molecule has 4 heteroatoms. The van der Waals surface area contributed by atoms with Crippen molar-refractivity contribution < 1.29 is 14.6 Å². The maximum Gasteiger partial charge on any atom is 0.231 e. The van der Waals surface area contributed by atoms with E-state index >= 15 is 0 Å². The molecule has 1 saturated carbocycles. The predicted molar refractivity (Wildman–Crippen MR) is 100 cm³/mol. The number of thioether (sulfide) groups is 1. The van der Waals surface area contributed by atoms with Crippen LogP contribution in [0.15, 0.2) is 47.4 Å². The van der Waals surface area contributed by atoms with Crippen LogP contribution in [0.25, 0.3) is 0 Å². The van der Waals surface area contributed by atoms with Gasteiger partial charge < -0.3 is 14.6 Å². The molecule has 1 atom stereocenters. The second kappa shape index (κ2) is 6.93. The van der Waals surface area contributed by atoms with Crippen LogP contribution in [0.1, 0.15) is 43.2 Å². The molecule has 2 aliphatic rings. The highest BCUT2D eigenvalue weighted by Gasteiger charge is 2.41. The van der Waals surface area contributed by atoms with Crippen LogP contribution in [0.4, 0.5) is 0 Å². The van der Waals surface area contributed by atoms with Crippen molar-refractivity contribution in [1.29, 1.82) is 0 Å². The molecule has 2 aromatic rings. The van der Waals surface area contributed by atoms with E-state index in [0.717, 1.165) is 35.5 Å². The fourth-order valence-electron chi connectivity index (χ4n) is 4.14. The van der Waals surface area contributed by atoms with Gasteiger partial charge in [0.1, 0.15) is 5.60 Å². The van der Waals surface area contributed by atoms with Gasteiger partial charge in [0, 0.05) is 4.90 Å². The first-order valence-electron chi connectivity index (χ1n) is 8.99. The van der Waals surface area contributed by atoms with E-state index in [1.807, 2.05) is 18.2 Å². The van der Waals surface area contributed by atoms with Crippen LogP contribution < -0.4 is 9.47 Å². The van der Waals surface area contributed by atoms with E-state index in [9.17, 15) is 5.11 Å². The van der Waals surface area contributed by atoms with Gasteiger partial charge in [0.2, 0.25) is 6.79 Å². The summed E-state index contributed by atoms with van der Waals surface area (Å²) in [6.07, 6.45) is 7.80. The second-order valence-electron chi connectivity index (χ2n) is 6.90. The van der Waals surface area contributed by atoms with E-state index in [-0.39, 0.29) is 12.7 Å². The van der Waals surface area contributed by atoms with Crippen molar-refractivity contribution in [2.75, 3.05) is 13.0 Å². The van der Waals surface area contributed by atoms with Gasteiger partial charge in [0.25, 0.3) is 0 Å². The van der Waals surface area contributed by atoms with Crippen molar-refractivity contribution >= 4 is 11.8 Å². The summed E-state index contributed by atoms with van der Waals surface area (Å²) in [7, 11) is 0. The minimum Gasteiger partial charge on any atom is -0.454 e. The number of hydrogen-bond acceptors (Lipinski definition) is 4. The van der Waals surface area contributed by atoms with E-state index in [1.54, 1.807) is 11.8 Å². The first-order valence-corrected chi connectivity index (χ1v) is 10.2. The van der Waals surface area contributed by atoms with Crippen LogP contribution in [0.2, 0.25) is 0 Å². The molecule has 2 aromatic carbocycles. The van der Waals surface area contributed by atoms with Crippen molar-refractivity contribution in [3.63, 3.8) is 0 Å². The maximum atomic E-state index is 12.0. The molecule has 0 bridgehead atoms. The fourth-order valence-corrected chi connectivity index (χ4v) is 4.55. The molecule has 0 aromatic heterocycles. The summed E-state index contributed by atoms with van der Waals surface area (Å²) in [6.45, 7) is 0.253. The number of ether oxygens (including phenoxy) is 2. The standard InChI is InChI=1S/C21H24O3S/c1-25-18-10-7-16(8-11-18)21(22,15-5-3-2-4-6-15)17-9-12-19-20(13-17)24-14-23-19/h7-13,15,22H,2-6,14H2,1H3. The third kappa shape index (κ3) is 3.02. The minimum absolute atomic E-state index is 0.224. The van der Waals surface area contributed by atoms with E-state index in [2.05, 4.69) is 30.5 Å². The summed E-state index contributed by atoms with van der Waals surface area (Å²) in [5, 5.41) is 12.0. The van der Waals surface area contributed by atoms with Crippen LogP contribution in [-0.4, -0.2) is 18.2 Å². The summed E-state index contributed by atoms with van der Waals surface area (Å²) in [5.74, 6) is 1.71. The molecule has 0 saturated heterocycles. The Hall–Kier alpha value is -1.65. The van der Waals surface area contributed by atoms with Crippen LogP contribution in [0.5, 0.6) is 11.5 Å². The molecule has 1 N–H and O–H groups in total. The molecule has 4 rings (SSSR count). The van der Waals surface area contributed by atoms with Gasteiger partial charge >= 0.3 is 0 Å². The summed E-state index contributed by atoms with van der Waals surface area (Å²) >= 11 is 1.72. The van der Waals surface area contributed by atoms with Crippen molar-refractivity contribution in [2.45, 2.75) is 42.6 Å². The largest absolute Gasteiger partial charge is 0.454 e. The summed E-state index contributed by atoms with van der Waals surface area (Å²) in [4.78, 5) is 1.21. The topological polar surface area (TPSA) is 38.7 Å². The first-order chi connectivity index (χ1) is 12.2.